The van der Waals surface area contributed by atoms with Gasteiger partial charge in [-0.2, -0.15) is 5.10 Å². The van der Waals surface area contributed by atoms with Crippen LogP contribution in [0.5, 0.6) is 5.75 Å². The number of carbonyl (C=O) groups excluding carboxylic acids is 1. The summed E-state index contributed by atoms with van der Waals surface area (Å²) >= 11 is 0. The number of amides is 1. The molecule has 4 rings (SSSR count). The Labute approximate surface area is 176 Å². The van der Waals surface area contributed by atoms with E-state index in [1.54, 1.807) is 18.3 Å². The largest absolute Gasteiger partial charge is 0.496 e. The number of para-hydroxylation sites is 2. The van der Waals surface area contributed by atoms with E-state index >= 15 is 0 Å². The van der Waals surface area contributed by atoms with Crippen LogP contribution in [0.25, 0.3) is 11.0 Å². The Hall–Kier alpha value is -3.19. The molecule has 1 amide bonds. The highest BCUT2D eigenvalue weighted by Crippen LogP contribution is 2.20. The van der Waals surface area contributed by atoms with Gasteiger partial charge in [-0.15, -0.1) is 0 Å². The van der Waals surface area contributed by atoms with Crippen LogP contribution >= 0.6 is 0 Å². The minimum absolute atomic E-state index is 0.170. The smallest absolute Gasteiger partial charge is 0.260 e. The van der Waals surface area contributed by atoms with Gasteiger partial charge in [0.05, 0.1) is 43.3 Å². The molecule has 30 heavy (non-hydrogen) atoms. The molecule has 0 saturated carbocycles. The average Bonchev–Trinajstić information content (AvgIpc) is 3.42. The summed E-state index contributed by atoms with van der Waals surface area (Å²) in [7, 11) is 1.71. The van der Waals surface area contributed by atoms with Crippen LogP contribution in [0.3, 0.4) is 0 Å². The Kier molecular flexibility index (Phi) is 6.09. The SMILES string of the molecule is COc1ccc(/C(C)=N\NC(=O)Cn2cnc3ccccc32)cc1C[NH+]1CCCC1. The molecule has 1 aliphatic heterocycles. The van der Waals surface area contributed by atoms with E-state index in [1.165, 1.54) is 31.5 Å². The minimum Gasteiger partial charge on any atom is -0.496 e. The number of hydrogen-bond donors (Lipinski definition) is 2. The summed E-state index contributed by atoms with van der Waals surface area (Å²) in [4.78, 5) is 18.3. The summed E-state index contributed by atoms with van der Waals surface area (Å²) < 4.78 is 7.37. The number of imidazole rings is 1. The Morgan fingerprint density at radius 1 is 1.23 bits per heavy atom. The first-order valence-electron chi connectivity index (χ1n) is 10.4. The van der Waals surface area contributed by atoms with Crippen molar-refractivity contribution in [2.24, 2.45) is 5.10 Å². The number of aromatic nitrogens is 2. The highest BCUT2D eigenvalue weighted by Gasteiger charge is 2.18. The van der Waals surface area contributed by atoms with E-state index in [0.717, 1.165) is 34.6 Å². The molecule has 2 N–H and O–H groups in total. The van der Waals surface area contributed by atoms with Crippen molar-refractivity contribution < 1.29 is 14.4 Å². The first-order valence-corrected chi connectivity index (χ1v) is 10.4. The Morgan fingerprint density at radius 3 is 2.83 bits per heavy atom. The number of fused-ring (bicyclic) bond motifs is 1. The van der Waals surface area contributed by atoms with Gasteiger partial charge >= 0.3 is 0 Å². The molecular weight excluding hydrogens is 378 g/mol. The average molecular weight is 407 g/mol. The number of benzene rings is 2. The topological polar surface area (TPSA) is 72.9 Å². The summed E-state index contributed by atoms with van der Waals surface area (Å²) in [5, 5.41) is 4.32. The molecule has 1 fully saturated rings. The van der Waals surface area contributed by atoms with Crippen molar-refractivity contribution in [3.63, 3.8) is 0 Å². The molecule has 0 atom stereocenters. The van der Waals surface area contributed by atoms with E-state index in [-0.39, 0.29) is 12.5 Å². The van der Waals surface area contributed by atoms with Gasteiger partial charge in [0.2, 0.25) is 0 Å². The van der Waals surface area contributed by atoms with Crippen molar-refractivity contribution in [2.75, 3.05) is 20.2 Å². The lowest BCUT2D eigenvalue weighted by atomic mass is 10.1. The molecule has 2 aromatic carbocycles. The predicted octanol–water partition coefficient (Wildman–Crippen LogP) is 1.76. The maximum Gasteiger partial charge on any atom is 0.260 e. The van der Waals surface area contributed by atoms with Gasteiger partial charge in [0.15, 0.2) is 0 Å². The van der Waals surface area contributed by atoms with Gasteiger partial charge in [-0.1, -0.05) is 12.1 Å². The van der Waals surface area contributed by atoms with Gasteiger partial charge < -0.3 is 14.2 Å². The minimum atomic E-state index is -0.187. The van der Waals surface area contributed by atoms with Gasteiger partial charge in [-0.25, -0.2) is 10.4 Å². The van der Waals surface area contributed by atoms with E-state index < -0.39 is 0 Å². The third-order valence-electron chi connectivity index (χ3n) is 5.64. The van der Waals surface area contributed by atoms with Crippen molar-refractivity contribution in [1.29, 1.82) is 0 Å². The second kappa shape index (κ2) is 9.09. The number of nitrogens with one attached hydrogen (secondary N) is 2. The van der Waals surface area contributed by atoms with Crippen molar-refractivity contribution in [1.82, 2.24) is 15.0 Å². The van der Waals surface area contributed by atoms with Crippen LogP contribution in [0, 0.1) is 0 Å². The molecule has 1 aliphatic rings. The van der Waals surface area contributed by atoms with Crippen molar-refractivity contribution >= 4 is 22.7 Å². The number of ether oxygens (including phenoxy) is 1. The lowest BCUT2D eigenvalue weighted by Crippen LogP contribution is -3.08. The second-order valence-electron chi connectivity index (χ2n) is 7.75. The molecule has 7 heteroatoms. The third-order valence-corrected chi connectivity index (χ3v) is 5.64. The zero-order valence-corrected chi connectivity index (χ0v) is 17.5. The quantitative estimate of drug-likeness (QED) is 0.464. The van der Waals surface area contributed by atoms with Gasteiger partial charge in [0.25, 0.3) is 5.91 Å². The summed E-state index contributed by atoms with van der Waals surface area (Å²) in [5.41, 5.74) is 7.39. The van der Waals surface area contributed by atoms with Gasteiger partial charge in [0.1, 0.15) is 18.8 Å². The number of methoxy groups -OCH3 is 1. The molecule has 0 aliphatic carbocycles. The van der Waals surface area contributed by atoms with E-state index in [4.69, 9.17) is 4.74 Å². The fourth-order valence-electron chi connectivity index (χ4n) is 4.00. The zero-order valence-electron chi connectivity index (χ0n) is 17.5. The number of nitrogens with zero attached hydrogens (tertiary/aromatic N) is 3. The first-order chi connectivity index (χ1) is 14.6. The van der Waals surface area contributed by atoms with Crippen LogP contribution in [-0.2, 0) is 17.9 Å². The molecule has 0 spiro atoms. The summed E-state index contributed by atoms with van der Waals surface area (Å²) in [6.07, 6.45) is 4.25. The molecular formula is C23H28N5O2+. The lowest BCUT2D eigenvalue weighted by Gasteiger charge is -2.15. The van der Waals surface area contributed by atoms with Gasteiger partial charge in [-0.05, 0) is 42.8 Å². The maximum atomic E-state index is 12.4. The summed E-state index contributed by atoms with van der Waals surface area (Å²) in [5.74, 6) is 0.717. The highest BCUT2D eigenvalue weighted by molar-refractivity contribution is 5.99. The van der Waals surface area contributed by atoms with Crippen molar-refractivity contribution in [2.45, 2.75) is 32.9 Å². The Balaban J connectivity index is 1.44. The molecule has 2 heterocycles. The maximum absolute atomic E-state index is 12.4. The Morgan fingerprint density at radius 2 is 2.03 bits per heavy atom. The molecule has 7 nitrogen and oxygen atoms in total. The standard InChI is InChI=1S/C23H27N5O2/c1-17(18-9-10-22(30-2)19(13-18)14-27-11-5-6-12-27)25-26-23(29)15-28-16-24-20-7-3-4-8-21(20)28/h3-4,7-10,13,16H,5-6,11-12,14-15H2,1-2H3,(H,26,29)/p+1/b25-17-. The normalized spacial score (nSPS) is 14.9. The molecule has 0 radical (unpaired) electrons. The fourth-order valence-corrected chi connectivity index (χ4v) is 4.00. The van der Waals surface area contributed by atoms with Crippen LogP contribution in [0.1, 0.15) is 30.9 Å². The molecule has 156 valence electrons. The number of likely N-dealkylation sites (tertiary alicyclic amines) is 1. The van der Waals surface area contributed by atoms with Crippen molar-refractivity contribution in [3.05, 3.63) is 59.9 Å². The van der Waals surface area contributed by atoms with E-state index in [2.05, 4.69) is 21.6 Å². The first kappa shape index (κ1) is 20.1. The predicted molar refractivity (Wildman–Crippen MR) is 117 cm³/mol. The van der Waals surface area contributed by atoms with Crippen LogP contribution in [0.15, 0.2) is 53.9 Å². The number of quaternary nitrogens is 1. The van der Waals surface area contributed by atoms with Crippen LogP contribution in [0.2, 0.25) is 0 Å². The molecule has 1 saturated heterocycles. The van der Waals surface area contributed by atoms with Crippen LogP contribution in [0.4, 0.5) is 0 Å². The van der Waals surface area contributed by atoms with E-state index in [1.807, 2.05) is 47.9 Å². The number of rotatable bonds is 7. The third kappa shape index (κ3) is 4.52. The monoisotopic (exact) mass is 406 g/mol. The lowest BCUT2D eigenvalue weighted by molar-refractivity contribution is -0.901. The summed E-state index contributed by atoms with van der Waals surface area (Å²) in [6.45, 7) is 5.44. The molecule has 1 aromatic heterocycles. The van der Waals surface area contributed by atoms with Gasteiger partial charge in [0, 0.05) is 18.4 Å². The van der Waals surface area contributed by atoms with Gasteiger partial charge in [-0.3, -0.25) is 4.79 Å². The molecule has 0 unspecified atom stereocenters. The van der Waals surface area contributed by atoms with E-state index in [0.29, 0.717) is 0 Å². The molecule has 0 bridgehead atoms. The van der Waals surface area contributed by atoms with E-state index in [9.17, 15) is 4.79 Å². The number of hydrazone groups is 1. The van der Waals surface area contributed by atoms with Crippen LogP contribution in [-0.4, -0.2) is 41.4 Å². The summed E-state index contributed by atoms with van der Waals surface area (Å²) in [6, 6.07) is 13.8. The second-order valence-corrected chi connectivity index (χ2v) is 7.75. The van der Waals surface area contributed by atoms with Crippen LogP contribution < -0.4 is 15.1 Å². The molecule has 3 aromatic rings. The number of carbonyl (C=O) groups is 1. The highest BCUT2D eigenvalue weighted by atomic mass is 16.5. The Bertz CT molecular complexity index is 1070. The zero-order chi connectivity index (χ0) is 20.9. The number of hydrogen-bond acceptors (Lipinski definition) is 4. The van der Waals surface area contributed by atoms with Crippen molar-refractivity contribution in [3.8, 4) is 5.75 Å². The fraction of sp³-hybridized carbons (Fsp3) is 0.348.